The first-order valence-corrected chi connectivity index (χ1v) is 4.07. The van der Waals surface area contributed by atoms with Crippen molar-refractivity contribution in [3.8, 4) is 0 Å². The first kappa shape index (κ1) is 11.9. The second kappa shape index (κ2) is 6.39. The molecule has 2 atom stereocenters. The van der Waals surface area contributed by atoms with Gasteiger partial charge in [-0.15, -0.1) is 0 Å². The second-order valence-corrected chi connectivity index (χ2v) is 2.65. The molecule has 0 aromatic carbocycles. The molecule has 4 nitrogen and oxygen atoms in total. The minimum Gasteiger partial charge on any atom is -0.479 e. The number of hydrogen-bond acceptors (Lipinski definition) is 3. The van der Waals surface area contributed by atoms with E-state index in [9.17, 15) is 14.0 Å². The molecule has 0 spiro atoms. The van der Waals surface area contributed by atoms with Crippen molar-refractivity contribution in [1.29, 1.82) is 0 Å². The zero-order valence-corrected chi connectivity index (χ0v) is 7.40. The van der Waals surface area contributed by atoms with E-state index >= 15 is 0 Å². The smallest absolute Gasteiger partial charge is 0.338 e. The fraction of sp³-hybridized carbons (Fsp3) is 0.750. The Bertz CT molecular complexity index is 172. The molecule has 0 saturated carbocycles. The monoisotopic (exact) mass is 192 g/mol. The van der Waals surface area contributed by atoms with E-state index < -0.39 is 12.1 Å². The predicted molar refractivity (Wildman–Crippen MR) is 43.0 cm³/mol. The van der Waals surface area contributed by atoms with Crippen LogP contribution < -0.4 is 0 Å². The molecular formula is C8H13FO4. The molecule has 5 heteroatoms. The van der Waals surface area contributed by atoms with Gasteiger partial charge in [0.1, 0.15) is 6.10 Å². The molecule has 0 heterocycles. The molecule has 0 bridgehead atoms. The van der Waals surface area contributed by atoms with Crippen LogP contribution in [-0.4, -0.2) is 29.8 Å². The Morgan fingerprint density at radius 3 is 2.62 bits per heavy atom. The summed E-state index contributed by atoms with van der Waals surface area (Å²) in [5.41, 5.74) is 0. The van der Waals surface area contributed by atoms with Gasteiger partial charge in [0, 0.05) is 0 Å². The number of aliphatic carboxylic acids is 1. The number of carbonyl (C=O) groups excluding carboxylic acids is 1. The lowest BCUT2D eigenvalue weighted by atomic mass is 10.1. The number of hydrogen-bond donors (Lipinski definition) is 1. The Kier molecular flexibility index (Phi) is 5.84. The lowest BCUT2D eigenvalue weighted by Crippen LogP contribution is -2.18. The summed E-state index contributed by atoms with van der Waals surface area (Å²) in [4.78, 5) is 20.0. The highest BCUT2D eigenvalue weighted by Crippen LogP contribution is 2.10. The summed E-state index contributed by atoms with van der Waals surface area (Å²) in [5, 5.41) is 8.21. The normalized spacial score (nSPS) is 14.6. The van der Waals surface area contributed by atoms with Crippen LogP contribution in [0, 0.1) is 0 Å². The van der Waals surface area contributed by atoms with Gasteiger partial charge in [0.05, 0.1) is 0 Å². The SMILES string of the molecule is CCC(CCC(F)C(=O)O)OC=O. The van der Waals surface area contributed by atoms with Crippen LogP contribution in [-0.2, 0) is 14.3 Å². The van der Waals surface area contributed by atoms with Gasteiger partial charge >= 0.3 is 5.97 Å². The molecule has 0 aromatic rings. The van der Waals surface area contributed by atoms with Crippen LogP contribution in [0.1, 0.15) is 26.2 Å². The van der Waals surface area contributed by atoms with Crippen molar-refractivity contribution >= 4 is 12.4 Å². The van der Waals surface area contributed by atoms with Gasteiger partial charge in [0.25, 0.3) is 6.47 Å². The topological polar surface area (TPSA) is 63.6 Å². The van der Waals surface area contributed by atoms with Crippen LogP contribution in [0.25, 0.3) is 0 Å². The number of carboxylic acids is 1. The first-order chi connectivity index (χ1) is 6.11. The van der Waals surface area contributed by atoms with Crippen molar-refractivity contribution in [2.75, 3.05) is 0 Å². The van der Waals surface area contributed by atoms with Crippen LogP contribution >= 0.6 is 0 Å². The standard InChI is InChI=1S/C8H13FO4/c1-2-6(13-5-10)3-4-7(9)8(11)12/h5-7H,2-4H2,1H3,(H,11,12). The Morgan fingerprint density at radius 1 is 1.62 bits per heavy atom. The summed E-state index contributed by atoms with van der Waals surface area (Å²) < 4.78 is 17.1. The van der Waals surface area contributed by atoms with E-state index in [1.54, 1.807) is 6.92 Å². The summed E-state index contributed by atoms with van der Waals surface area (Å²) in [6.45, 7) is 2.07. The molecule has 76 valence electrons. The summed E-state index contributed by atoms with van der Waals surface area (Å²) in [5.74, 6) is -1.47. The molecule has 2 unspecified atom stereocenters. The molecule has 0 aliphatic heterocycles. The van der Waals surface area contributed by atoms with Crippen LogP contribution in [0.4, 0.5) is 4.39 Å². The molecule has 0 rings (SSSR count). The van der Waals surface area contributed by atoms with E-state index in [2.05, 4.69) is 4.74 Å². The highest BCUT2D eigenvalue weighted by Gasteiger charge is 2.17. The summed E-state index contributed by atoms with van der Waals surface area (Å²) >= 11 is 0. The molecule has 0 amide bonds. The van der Waals surface area contributed by atoms with Crippen molar-refractivity contribution in [3.05, 3.63) is 0 Å². The van der Waals surface area contributed by atoms with Gasteiger partial charge in [-0.3, -0.25) is 4.79 Å². The maximum absolute atomic E-state index is 12.5. The fourth-order valence-corrected chi connectivity index (χ4v) is 0.903. The Morgan fingerprint density at radius 2 is 2.23 bits per heavy atom. The Hall–Kier alpha value is -1.13. The quantitative estimate of drug-likeness (QED) is 0.614. The van der Waals surface area contributed by atoms with E-state index in [-0.39, 0.29) is 18.9 Å². The maximum Gasteiger partial charge on any atom is 0.338 e. The lowest BCUT2D eigenvalue weighted by Gasteiger charge is -2.12. The minimum absolute atomic E-state index is 0.123. The molecule has 1 N–H and O–H groups in total. The third kappa shape index (κ3) is 5.16. The average molecular weight is 192 g/mol. The fourth-order valence-electron chi connectivity index (χ4n) is 0.903. The van der Waals surface area contributed by atoms with Crippen molar-refractivity contribution in [2.24, 2.45) is 0 Å². The third-order valence-corrected chi connectivity index (χ3v) is 1.71. The largest absolute Gasteiger partial charge is 0.479 e. The van der Waals surface area contributed by atoms with Gasteiger partial charge in [-0.05, 0) is 19.3 Å². The van der Waals surface area contributed by atoms with Crippen LogP contribution in [0.2, 0.25) is 0 Å². The van der Waals surface area contributed by atoms with Gasteiger partial charge in [-0.1, -0.05) is 6.92 Å². The average Bonchev–Trinajstić information content (AvgIpc) is 2.11. The lowest BCUT2D eigenvalue weighted by molar-refractivity contribution is -0.143. The highest BCUT2D eigenvalue weighted by atomic mass is 19.1. The Labute approximate surface area is 75.7 Å². The number of carboxylic acid groups (broad SMARTS) is 1. The van der Waals surface area contributed by atoms with Gasteiger partial charge < -0.3 is 9.84 Å². The van der Waals surface area contributed by atoms with Gasteiger partial charge in [-0.2, -0.15) is 0 Å². The zero-order chi connectivity index (χ0) is 10.3. The minimum atomic E-state index is -1.87. The molecule has 13 heavy (non-hydrogen) atoms. The molecular weight excluding hydrogens is 179 g/mol. The zero-order valence-electron chi connectivity index (χ0n) is 7.40. The van der Waals surface area contributed by atoms with E-state index in [1.807, 2.05) is 0 Å². The molecule has 0 radical (unpaired) electrons. The first-order valence-electron chi connectivity index (χ1n) is 4.07. The van der Waals surface area contributed by atoms with E-state index in [0.717, 1.165) is 0 Å². The van der Waals surface area contributed by atoms with Crippen molar-refractivity contribution < 1.29 is 23.8 Å². The number of alkyl halides is 1. The third-order valence-electron chi connectivity index (χ3n) is 1.71. The van der Waals surface area contributed by atoms with Gasteiger partial charge in [-0.25, -0.2) is 9.18 Å². The molecule has 0 aliphatic carbocycles. The van der Waals surface area contributed by atoms with E-state index in [4.69, 9.17) is 5.11 Å². The van der Waals surface area contributed by atoms with Crippen LogP contribution in [0.5, 0.6) is 0 Å². The van der Waals surface area contributed by atoms with Crippen molar-refractivity contribution in [3.63, 3.8) is 0 Å². The van der Waals surface area contributed by atoms with Crippen molar-refractivity contribution in [2.45, 2.75) is 38.5 Å². The van der Waals surface area contributed by atoms with Crippen LogP contribution in [0.3, 0.4) is 0 Å². The molecule has 0 fully saturated rings. The van der Waals surface area contributed by atoms with Gasteiger partial charge in [0.15, 0.2) is 6.17 Å². The number of carbonyl (C=O) groups is 2. The van der Waals surface area contributed by atoms with Gasteiger partial charge in [0.2, 0.25) is 0 Å². The predicted octanol–water partition coefficient (Wildman–Crippen LogP) is 1.14. The molecule has 0 aromatic heterocycles. The molecule has 0 saturated heterocycles. The highest BCUT2D eigenvalue weighted by molar-refractivity contribution is 5.71. The van der Waals surface area contributed by atoms with E-state index in [0.29, 0.717) is 12.9 Å². The maximum atomic E-state index is 12.5. The molecule has 0 aliphatic rings. The summed E-state index contributed by atoms with van der Waals surface area (Å²) in [6, 6.07) is 0. The van der Waals surface area contributed by atoms with E-state index in [1.165, 1.54) is 0 Å². The summed E-state index contributed by atoms with van der Waals surface area (Å²) in [6.07, 6.45) is -1.57. The number of halogens is 1. The second-order valence-electron chi connectivity index (χ2n) is 2.65. The number of rotatable bonds is 7. The van der Waals surface area contributed by atoms with Crippen molar-refractivity contribution in [1.82, 2.24) is 0 Å². The number of ether oxygens (including phenoxy) is 1. The van der Waals surface area contributed by atoms with Crippen LogP contribution in [0.15, 0.2) is 0 Å². The Balaban J connectivity index is 3.70. The summed E-state index contributed by atoms with van der Waals surface area (Å²) in [7, 11) is 0.